The Hall–Kier alpha value is -3.61. The van der Waals surface area contributed by atoms with Crippen molar-refractivity contribution in [1.29, 1.82) is 0 Å². The van der Waals surface area contributed by atoms with Gasteiger partial charge >= 0.3 is 12.3 Å². The molecule has 0 aliphatic carbocycles. The second kappa shape index (κ2) is 10.9. The van der Waals surface area contributed by atoms with E-state index >= 15 is 0 Å². The van der Waals surface area contributed by atoms with E-state index in [9.17, 15) is 31.5 Å². The van der Waals surface area contributed by atoms with Crippen LogP contribution in [-0.2, 0) is 35.6 Å². The first-order chi connectivity index (χ1) is 18.4. The van der Waals surface area contributed by atoms with Crippen molar-refractivity contribution in [2.75, 3.05) is 6.54 Å². The number of rotatable bonds is 8. The zero-order chi connectivity index (χ0) is 28.5. The quantitative estimate of drug-likeness (QED) is 0.279. The Kier molecular flexibility index (Phi) is 7.92. The molecule has 39 heavy (non-hydrogen) atoms. The standard InChI is InChI=1S/C26H24ClF3N4O4S/c1-2-24-32-22-13-20(26(28,29)30)21(27)14-23(22)34(24)18-7-3-16(4-8-18)11-12-33(25(35)36)39(37,38)19-9-5-17(15-31)6-10-19/h3-10,13-14H,2,11-12,15,31H2,1H3,(H,35,36). The summed E-state index contributed by atoms with van der Waals surface area (Å²) in [5.41, 5.74) is 7.09. The number of halogens is 4. The lowest BCUT2D eigenvalue weighted by Crippen LogP contribution is -2.37. The molecule has 0 bridgehead atoms. The van der Waals surface area contributed by atoms with Gasteiger partial charge in [0.05, 0.1) is 26.5 Å². The number of aryl methyl sites for hydroxylation is 1. The summed E-state index contributed by atoms with van der Waals surface area (Å²) >= 11 is 5.95. The molecule has 0 atom stereocenters. The van der Waals surface area contributed by atoms with E-state index in [-0.39, 0.29) is 29.9 Å². The van der Waals surface area contributed by atoms with Gasteiger partial charge in [0.15, 0.2) is 0 Å². The smallest absolute Gasteiger partial charge is 0.421 e. The molecule has 0 aliphatic rings. The maximum absolute atomic E-state index is 13.3. The van der Waals surface area contributed by atoms with Gasteiger partial charge in [0.2, 0.25) is 0 Å². The first-order valence-electron chi connectivity index (χ1n) is 11.8. The SMILES string of the molecule is CCc1nc2cc(C(F)(F)F)c(Cl)cc2n1-c1ccc(CCN(C(=O)O)S(=O)(=O)c2ccc(CN)cc2)cc1. The minimum atomic E-state index is -4.62. The molecule has 3 N–H and O–H groups in total. The number of imidazole rings is 1. The normalized spacial score (nSPS) is 12.2. The first-order valence-corrected chi connectivity index (χ1v) is 13.6. The van der Waals surface area contributed by atoms with E-state index in [1.165, 1.54) is 30.3 Å². The van der Waals surface area contributed by atoms with E-state index < -0.39 is 32.9 Å². The van der Waals surface area contributed by atoms with Gasteiger partial charge in [0.1, 0.15) is 5.82 Å². The van der Waals surface area contributed by atoms with Crippen molar-refractivity contribution in [3.8, 4) is 5.69 Å². The maximum Gasteiger partial charge on any atom is 0.421 e. The highest BCUT2D eigenvalue weighted by atomic mass is 35.5. The zero-order valence-electron chi connectivity index (χ0n) is 20.6. The third-order valence-corrected chi connectivity index (χ3v) is 8.29. The van der Waals surface area contributed by atoms with Crippen molar-refractivity contribution in [2.45, 2.75) is 37.4 Å². The molecule has 0 unspecified atom stereocenters. The van der Waals surface area contributed by atoms with Crippen LogP contribution in [0.1, 0.15) is 29.4 Å². The Morgan fingerprint density at radius 1 is 1.08 bits per heavy atom. The molecule has 4 rings (SSSR count). The van der Waals surface area contributed by atoms with Crippen LogP contribution in [0.3, 0.4) is 0 Å². The van der Waals surface area contributed by atoms with E-state index in [2.05, 4.69) is 4.98 Å². The van der Waals surface area contributed by atoms with Gasteiger partial charge in [-0.15, -0.1) is 0 Å². The Balaban J connectivity index is 1.59. The highest BCUT2D eigenvalue weighted by Gasteiger charge is 2.34. The average Bonchev–Trinajstić information content (AvgIpc) is 3.25. The number of sulfonamides is 1. The average molecular weight is 581 g/mol. The van der Waals surface area contributed by atoms with Gasteiger partial charge in [-0.05, 0) is 53.9 Å². The summed E-state index contributed by atoms with van der Waals surface area (Å²) < 4.78 is 67.9. The van der Waals surface area contributed by atoms with Crippen LogP contribution in [-0.4, -0.2) is 40.0 Å². The summed E-state index contributed by atoms with van der Waals surface area (Å²) in [4.78, 5) is 16.0. The minimum Gasteiger partial charge on any atom is -0.464 e. The number of nitrogens with two attached hydrogens (primary N) is 1. The van der Waals surface area contributed by atoms with E-state index in [0.717, 1.165) is 6.07 Å². The summed E-state index contributed by atoms with van der Waals surface area (Å²) in [6.07, 6.45) is -5.69. The van der Waals surface area contributed by atoms with Crippen LogP contribution in [0.4, 0.5) is 18.0 Å². The van der Waals surface area contributed by atoms with Crippen LogP contribution in [0.15, 0.2) is 65.6 Å². The fraction of sp³-hybridized carbons (Fsp3) is 0.231. The van der Waals surface area contributed by atoms with Crippen molar-refractivity contribution in [3.05, 3.63) is 88.2 Å². The summed E-state index contributed by atoms with van der Waals surface area (Å²) in [6, 6.07) is 14.6. The van der Waals surface area contributed by atoms with Gasteiger partial charge < -0.3 is 10.8 Å². The lowest BCUT2D eigenvalue weighted by atomic mass is 10.1. The molecule has 8 nitrogen and oxygen atoms in total. The fourth-order valence-electron chi connectivity index (χ4n) is 4.18. The van der Waals surface area contributed by atoms with Gasteiger partial charge in [-0.1, -0.05) is 42.8 Å². The van der Waals surface area contributed by atoms with Gasteiger partial charge in [0.25, 0.3) is 10.0 Å². The summed E-state index contributed by atoms with van der Waals surface area (Å²) in [5.74, 6) is 0.525. The summed E-state index contributed by atoms with van der Waals surface area (Å²) in [7, 11) is -4.30. The van der Waals surface area contributed by atoms with E-state index in [1.54, 1.807) is 28.8 Å². The Morgan fingerprint density at radius 2 is 1.69 bits per heavy atom. The number of hydrogen-bond acceptors (Lipinski definition) is 5. The molecule has 1 amide bonds. The van der Waals surface area contributed by atoms with Crippen molar-refractivity contribution in [2.24, 2.45) is 5.73 Å². The second-order valence-corrected chi connectivity index (χ2v) is 10.9. The number of fused-ring (bicyclic) bond motifs is 1. The molecule has 0 spiro atoms. The molecule has 0 aliphatic heterocycles. The maximum atomic E-state index is 13.3. The van der Waals surface area contributed by atoms with Gasteiger partial charge in [0, 0.05) is 25.2 Å². The molecular formula is C26H24ClF3N4O4S. The third kappa shape index (κ3) is 5.72. The molecular weight excluding hydrogens is 557 g/mol. The van der Waals surface area contributed by atoms with E-state index in [1.807, 2.05) is 6.92 Å². The lowest BCUT2D eigenvalue weighted by Gasteiger charge is -2.19. The third-order valence-electron chi connectivity index (χ3n) is 6.19. The van der Waals surface area contributed by atoms with Crippen LogP contribution in [0.5, 0.6) is 0 Å². The fourth-order valence-corrected chi connectivity index (χ4v) is 5.71. The molecule has 3 aromatic carbocycles. The number of alkyl halides is 3. The Morgan fingerprint density at radius 3 is 2.23 bits per heavy atom. The number of carbonyl (C=O) groups is 1. The zero-order valence-corrected chi connectivity index (χ0v) is 22.2. The van der Waals surface area contributed by atoms with Crippen molar-refractivity contribution in [3.63, 3.8) is 0 Å². The molecule has 1 heterocycles. The Labute approximate surface area is 227 Å². The second-order valence-electron chi connectivity index (χ2n) is 8.66. The van der Waals surface area contributed by atoms with Crippen LogP contribution in [0, 0.1) is 0 Å². The van der Waals surface area contributed by atoms with E-state index in [4.69, 9.17) is 17.3 Å². The summed E-state index contributed by atoms with van der Waals surface area (Å²) in [6.45, 7) is 1.72. The number of amides is 1. The highest BCUT2D eigenvalue weighted by molar-refractivity contribution is 7.89. The first kappa shape index (κ1) is 28.4. The number of carboxylic acid groups (broad SMARTS) is 1. The highest BCUT2D eigenvalue weighted by Crippen LogP contribution is 2.38. The predicted molar refractivity (Wildman–Crippen MR) is 140 cm³/mol. The molecule has 0 saturated heterocycles. The molecule has 206 valence electrons. The topological polar surface area (TPSA) is 119 Å². The minimum absolute atomic E-state index is 0.0960. The number of benzene rings is 3. The predicted octanol–water partition coefficient (Wildman–Crippen LogP) is 5.63. The molecule has 4 aromatic rings. The van der Waals surface area contributed by atoms with Crippen LogP contribution in [0.25, 0.3) is 16.7 Å². The lowest BCUT2D eigenvalue weighted by molar-refractivity contribution is -0.137. The molecule has 1 aromatic heterocycles. The number of hydrogen-bond donors (Lipinski definition) is 2. The Bertz CT molecular complexity index is 1620. The number of aromatic nitrogens is 2. The monoisotopic (exact) mass is 580 g/mol. The van der Waals surface area contributed by atoms with E-state index in [0.29, 0.717) is 38.9 Å². The summed E-state index contributed by atoms with van der Waals surface area (Å²) in [5, 5.41) is 9.16. The van der Waals surface area contributed by atoms with Crippen LogP contribution >= 0.6 is 11.6 Å². The molecule has 0 saturated carbocycles. The van der Waals surface area contributed by atoms with Crippen LogP contribution in [0.2, 0.25) is 5.02 Å². The van der Waals surface area contributed by atoms with Crippen molar-refractivity contribution in [1.82, 2.24) is 13.9 Å². The largest absolute Gasteiger partial charge is 0.464 e. The van der Waals surface area contributed by atoms with Crippen molar-refractivity contribution >= 4 is 38.8 Å². The van der Waals surface area contributed by atoms with Gasteiger partial charge in [-0.25, -0.2) is 22.5 Å². The molecule has 13 heteroatoms. The molecule has 0 fully saturated rings. The van der Waals surface area contributed by atoms with Gasteiger partial charge in [-0.2, -0.15) is 13.2 Å². The van der Waals surface area contributed by atoms with Crippen molar-refractivity contribution < 1.29 is 31.5 Å². The number of nitrogens with zero attached hydrogens (tertiary/aromatic N) is 3. The van der Waals surface area contributed by atoms with Gasteiger partial charge in [-0.3, -0.25) is 4.57 Å². The molecule has 0 radical (unpaired) electrons. The van der Waals surface area contributed by atoms with Crippen LogP contribution < -0.4 is 5.73 Å².